The van der Waals surface area contributed by atoms with Crippen LogP contribution in [0.4, 0.5) is 11.5 Å². The lowest BCUT2D eigenvalue weighted by Crippen LogP contribution is -2.43. The van der Waals surface area contributed by atoms with Crippen molar-refractivity contribution in [1.29, 1.82) is 0 Å². The van der Waals surface area contributed by atoms with E-state index in [1.807, 2.05) is 38.1 Å². The van der Waals surface area contributed by atoms with E-state index in [4.69, 9.17) is 10.5 Å². The monoisotopic (exact) mass is 477 g/mol. The topological polar surface area (TPSA) is 123 Å². The number of benzene rings is 1. The Hall–Kier alpha value is -2.63. The van der Waals surface area contributed by atoms with Crippen LogP contribution < -0.4 is 21.9 Å². The normalized spacial score (nSPS) is 11.4. The number of nitrogens with one attached hydrogen (secondary N) is 1. The number of aromatic amines is 1. The van der Waals surface area contributed by atoms with Gasteiger partial charge >= 0.3 is 5.69 Å². The predicted molar refractivity (Wildman–Crippen MR) is 131 cm³/mol. The molecule has 0 aliphatic rings. The summed E-state index contributed by atoms with van der Waals surface area (Å²) < 4.78 is 7.51. The van der Waals surface area contributed by atoms with Crippen LogP contribution >= 0.6 is 23.1 Å². The van der Waals surface area contributed by atoms with E-state index in [2.05, 4.69) is 9.97 Å². The molecule has 11 heteroatoms. The second-order valence-corrected chi connectivity index (χ2v) is 9.70. The number of aromatic nitrogens is 3. The number of carbonyl (C=O) groups is 1. The summed E-state index contributed by atoms with van der Waals surface area (Å²) >= 11 is 3.00. The van der Waals surface area contributed by atoms with Crippen LogP contribution in [0.3, 0.4) is 0 Å². The molecule has 0 bridgehead atoms. The quantitative estimate of drug-likeness (QED) is 0.459. The highest BCUT2D eigenvalue weighted by molar-refractivity contribution is 7.99. The average molecular weight is 478 g/mol. The predicted octanol–water partition coefficient (Wildman–Crippen LogP) is 2.30. The Morgan fingerprint density at radius 3 is 2.78 bits per heavy atom. The fourth-order valence-electron chi connectivity index (χ4n) is 3.21. The highest BCUT2D eigenvalue weighted by Crippen LogP contribution is 2.25. The van der Waals surface area contributed by atoms with Gasteiger partial charge in [-0.25, -0.2) is 9.78 Å². The Bertz CT molecular complexity index is 1170. The number of nitrogen functional groups attached to an aromatic ring is 1. The standard InChI is InChI=1S/C21H27N5O4S2/c1-13(2)10-26-19(22)18(20(28)24-21(26)29)25(8-9-30-3)17(27)12-31-11-16-23-14-6-4-5-7-15(14)32-16/h4-7,13H,8-12,22H2,1-3H3,(H,24,28,29). The molecule has 32 heavy (non-hydrogen) atoms. The first-order valence-corrected chi connectivity index (χ1v) is 12.1. The number of amides is 1. The molecule has 0 atom stereocenters. The third-order valence-corrected chi connectivity index (χ3v) is 6.79. The maximum absolute atomic E-state index is 13.1. The van der Waals surface area contributed by atoms with E-state index in [9.17, 15) is 14.4 Å². The van der Waals surface area contributed by atoms with Gasteiger partial charge < -0.3 is 15.4 Å². The van der Waals surface area contributed by atoms with E-state index in [0.717, 1.165) is 15.2 Å². The Morgan fingerprint density at radius 1 is 1.34 bits per heavy atom. The minimum Gasteiger partial charge on any atom is -0.383 e. The lowest BCUT2D eigenvalue weighted by Gasteiger charge is -2.24. The van der Waals surface area contributed by atoms with Crippen molar-refractivity contribution in [2.45, 2.75) is 26.1 Å². The van der Waals surface area contributed by atoms with Crippen LogP contribution in [0, 0.1) is 5.92 Å². The van der Waals surface area contributed by atoms with Gasteiger partial charge in [0.15, 0.2) is 5.69 Å². The minimum atomic E-state index is -0.687. The van der Waals surface area contributed by atoms with E-state index in [0.29, 0.717) is 12.3 Å². The van der Waals surface area contributed by atoms with Crippen molar-refractivity contribution in [3.8, 4) is 0 Å². The van der Waals surface area contributed by atoms with E-state index in [1.165, 1.54) is 28.3 Å². The molecule has 3 aromatic rings. The second-order valence-electron chi connectivity index (χ2n) is 7.60. The summed E-state index contributed by atoms with van der Waals surface area (Å²) in [7, 11) is 1.51. The minimum absolute atomic E-state index is 0.0203. The molecule has 0 radical (unpaired) electrons. The summed E-state index contributed by atoms with van der Waals surface area (Å²) in [6.07, 6.45) is 0. The average Bonchev–Trinajstić information content (AvgIpc) is 3.16. The van der Waals surface area contributed by atoms with Gasteiger partial charge in [0.25, 0.3) is 5.56 Å². The zero-order chi connectivity index (χ0) is 23.3. The molecule has 0 fully saturated rings. The summed E-state index contributed by atoms with van der Waals surface area (Å²) in [6.45, 7) is 4.56. The van der Waals surface area contributed by atoms with Gasteiger partial charge in [-0.05, 0) is 18.1 Å². The summed E-state index contributed by atoms with van der Waals surface area (Å²) in [4.78, 5) is 46.1. The molecule has 0 saturated heterocycles. The first-order chi connectivity index (χ1) is 15.3. The van der Waals surface area contributed by atoms with Crippen molar-refractivity contribution in [3.05, 3.63) is 50.1 Å². The number of anilines is 2. The van der Waals surface area contributed by atoms with Crippen molar-refractivity contribution >= 4 is 50.7 Å². The summed E-state index contributed by atoms with van der Waals surface area (Å²) in [5.41, 5.74) is 5.84. The van der Waals surface area contributed by atoms with Crippen LogP contribution in [0.2, 0.25) is 0 Å². The maximum atomic E-state index is 13.1. The third-order valence-electron chi connectivity index (χ3n) is 4.64. The molecule has 1 aromatic carbocycles. The second kappa shape index (κ2) is 10.8. The molecule has 2 aromatic heterocycles. The maximum Gasteiger partial charge on any atom is 0.330 e. The molecule has 3 N–H and O–H groups in total. The van der Waals surface area contributed by atoms with E-state index < -0.39 is 11.2 Å². The van der Waals surface area contributed by atoms with Crippen molar-refractivity contribution < 1.29 is 9.53 Å². The van der Waals surface area contributed by atoms with Gasteiger partial charge in [-0.1, -0.05) is 26.0 Å². The Labute approximate surface area is 193 Å². The molecule has 0 aliphatic carbocycles. The van der Waals surface area contributed by atoms with E-state index in [1.54, 1.807) is 11.3 Å². The molecular weight excluding hydrogens is 450 g/mol. The van der Waals surface area contributed by atoms with Gasteiger partial charge in [0.05, 0.1) is 22.6 Å². The molecule has 0 aliphatic heterocycles. The number of rotatable bonds is 10. The van der Waals surface area contributed by atoms with Crippen LogP contribution in [0.25, 0.3) is 10.2 Å². The molecule has 0 saturated carbocycles. The van der Waals surface area contributed by atoms with Gasteiger partial charge in [0.1, 0.15) is 10.8 Å². The molecule has 9 nitrogen and oxygen atoms in total. The highest BCUT2D eigenvalue weighted by Gasteiger charge is 2.24. The Balaban J connectivity index is 1.80. The number of carbonyl (C=O) groups excluding carboxylic acids is 1. The fourth-order valence-corrected chi connectivity index (χ4v) is 5.13. The fraction of sp³-hybridized carbons (Fsp3) is 0.429. The number of hydrogen-bond acceptors (Lipinski definition) is 8. The van der Waals surface area contributed by atoms with E-state index in [-0.39, 0.29) is 42.2 Å². The number of thiazole rings is 1. The number of H-pyrrole nitrogens is 1. The van der Waals surface area contributed by atoms with Crippen LogP contribution in [-0.2, 0) is 21.8 Å². The van der Waals surface area contributed by atoms with Gasteiger partial charge in [-0.15, -0.1) is 23.1 Å². The smallest absolute Gasteiger partial charge is 0.330 e. The lowest BCUT2D eigenvalue weighted by atomic mass is 10.2. The summed E-state index contributed by atoms with van der Waals surface area (Å²) in [5, 5.41) is 0.926. The number of nitrogens with zero attached hydrogens (tertiary/aromatic N) is 3. The SMILES string of the molecule is COCCN(C(=O)CSCc1nc2ccccc2s1)c1c(N)n(CC(C)C)c(=O)[nH]c1=O. The molecular formula is C21H27N5O4S2. The van der Waals surface area contributed by atoms with Crippen LogP contribution in [0.1, 0.15) is 18.9 Å². The van der Waals surface area contributed by atoms with Crippen LogP contribution in [0.15, 0.2) is 33.9 Å². The lowest BCUT2D eigenvalue weighted by molar-refractivity contribution is -0.116. The van der Waals surface area contributed by atoms with Crippen molar-refractivity contribution in [1.82, 2.24) is 14.5 Å². The molecule has 0 spiro atoms. The number of nitrogens with two attached hydrogens (primary N) is 1. The van der Waals surface area contributed by atoms with Crippen LogP contribution in [0.5, 0.6) is 0 Å². The zero-order valence-electron chi connectivity index (χ0n) is 18.3. The first-order valence-electron chi connectivity index (χ1n) is 10.2. The number of para-hydroxylation sites is 1. The molecule has 2 heterocycles. The number of fused-ring (bicyclic) bond motifs is 1. The number of thioether (sulfide) groups is 1. The number of methoxy groups -OCH3 is 1. The molecule has 3 rings (SSSR count). The summed E-state index contributed by atoms with van der Waals surface area (Å²) in [5.74, 6) is 0.512. The Morgan fingerprint density at radius 2 is 2.09 bits per heavy atom. The number of ether oxygens (including phenoxy) is 1. The van der Waals surface area contributed by atoms with Crippen molar-refractivity contribution in [2.24, 2.45) is 5.92 Å². The van der Waals surface area contributed by atoms with Crippen molar-refractivity contribution in [3.63, 3.8) is 0 Å². The Kier molecular flexibility index (Phi) is 8.10. The third kappa shape index (κ3) is 5.59. The number of hydrogen-bond donors (Lipinski definition) is 2. The molecule has 1 amide bonds. The highest BCUT2D eigenvalue weighted by atomic mass is 32.2. The zero-order valence-corrected chi connectivity index (χ0v) is 19.9. The van der Waals surface area contributed by atoms with Crippen LogP contribution in [-0.4, -0.2) is 46.5 Å². The van der Waals surface area contributed by atoms with Gasteiger partial charge in [0, 0.05) is 26.0 Å². The van der Waals surface area contributed by atoms with Gasteiger partial charge in [-0.3, -0.25) is 19.1 Å². The van der Waals surface area contributed by atoms with Gasteiger partial charge in [-0.2, -0.15) is 0 Å². The first kappa shape index (κ1) is 24.0. The van der Waals surface area contributed by atoms with E-state index >= 15 is 0 Å². The van der Waals surface area contributed by atoms with Gasteiger partial charge in [0.2, 0.25) is 5.91 Å². The molecule has 172 valence electrons. The molecule has 0 unspecified atom stereocenters. The summed E-state index contributed by atoms with van der Waals surface area (Å²) in [6, 6.07) is 7.88. The van der Waals surface area contributed by atoms with Crippen molar-refractivity contribution in [2.75, 3.05) is 36.6 Å². The largest absolute Gasteiger partial charge is 0.383 e.